The highest BCUT2D eigenvalue weighted by atomic mass is 32.2. The standard InChI is InChI=1S/C18H15N3O3S/c1-12-4-2-3-5-15(12)17(23)24-14-8-6-13(7-9-14)10-19-21-18-20-16(22)11-25-18/h2-10H,11H2,1H3,(H,20,21,22)/b19-10-. The highest BCUT2D eigenvalue weighted by Gasteiger charge is 2.16. The number of hydrogen-bond acceptors (Lipinski definition) is 6. The molecule has 2 aromatic rings. The lowest BCUT2D eigenvalue weighted by molar-refractivity contribution is -0.116. The molecule has 0 atom stereocenters. The summed E-state index contributed by atoms with van der Waals surface area (Å²) < 4.78 is 5.37. The Hall–Kier alpha value is -2.93. The minimum Gasteiger partial charge on any atom is -0.423 e. The van der Waals surface area contributed by atoms with E-state index in [4.69, 9.17) is 4.74 Å². The van der Waals surface area contributed by atoms with E-state index < -0.39 is 0 Å². The molecule has 7 heteroatoms. The third kappa shape index (κ3) is 4.54. The van der Waals surface area contributed by atoms with Crippen molar-refractivity contribution in [2.24, 2.45) is 10.2 Å². The van der Waals surface area contributed by atoms with E-state index >= 15 is 0 Å². The maximum absolute atomic E-state index is 12.2. The molecule has 0 radical (unpaired) electrons. The Morgan fingerprint density at radius 1 is 1.20 bits per heavy atom. The van der Waals surface area contributed by atoms with Crippen molar-refractivity contribution in [3.05, 3.63) is 65.2 Å². The van der Waals surface area contributed by atoms with E-state index in [-0.39, 0.29) is 11.9 Å². The maximum atomic E-state index is 12.2. The van der Waals surface area contributed by atoms with Crippen molar-refractivity contribution in [1.29, 1.82) is 0 Å². The average Bonchev–Trinajstić information content (AvgIpc) is 3.02. The highest BCUT2D eigenvalue weighted by molar-refractivity contribution is 8.15. The van der Waals surface area contributed by atoms with Gasteiger partial charge in [0.15, 0.2) is 5.17 Å². The Bertz CT molecular complexity index is 860. The number of carbonyl (C=O) groups excluding carboxylic acids is 2. The number of amidine groups is 1. The Balaban J connectivity index is 1.61. The van der Waals surface area contributed by atoms with Crippen molar-refractivity contribution in [3.63, 3.8) is 0 Å². The van der Waals surface area contributed by atoms with Gasteiger partial charge in [0, 0.05) is 0 Å². The molecule has 1 aliphatic rings. The number of aryl methyl sites for hydroxylation is 1. The Morgan fingerprint density at radius 3 is 2.64 bits per heavy atom. The number of carbonyl (C=O) groups is 2. The zero-order valence-corrected chi connectivity index (χ0v) is 14.2. The number of amides is 1. The molecular formula is C18H15N3O3S. The van der Waals surface area contributed by atoms with Crippen molar-refractivity contribution in [2.75, 3.05) is 5.75 Å². The van der Waals surface area contributed by atoms with E-state index in [1.54, 1.807) is 42.6 Å². The minimum absolute atomic E-state index is 0.0706. The Kier molecular flexibility index (Phi) is 5.25. The van der Waals surface area contributed by atoms with Gasteiger partial charge in [-0.2, -0.15) is 5.10 Å². The van der Waals surface area contributed by atoms with Crippen LogP contribution in [0, 0.1) is 6.92 Å². The lowest BCUT2D eigenvalue weighted by Gasteiger charge is -2.06. The summed E-state index contributed by atoms with van der Waals surface area (Å²) in [6, 6.07) is 14.2. The quantitative estimate of drug-likeness (QED) is 0.397. The second-order valence-corrected chi connectivity index (χ2v) is 6.22. The lowest BCUT2D eigenvalue weighted by atomic mass is 10.1. The largest absolute Gasteiger partial charge is 0.423 e. The molecule has 3 rings (SSSR count). The first kappa shape index (κ1) is 16.9. The molecule has 0 bridgehead atoms. The van der Waals surface area contributed by atoms with Crippen LogP contribution in [0.3, 0.4) is 0 Å². The third-order valence-corrected chi connectivity index (χ3v) is 4.26. The topological polar surface area (TPSA) is 80.1 Å². The molecule has 1 heterocycles. The van der Waals surface area contributed by atoms with Crippen LogP contribution in [0.1, 0.15) is 21.5 Å². The molecule has 25 heavy (non-hydrogen) atoms. The summed E-state index contributed by atoms with van der Waals surface area (Å²) in [4.78, 5) is 23.2. The molecule has 0 unspecified atom stereocenters. The van der Waals surface area contributed by atoms with Gasteiger partial charge in [-0.15, -0.1) is 5.10 Å². The molecular weight excluding hydrogens is 338 g/mol. The second kappa shape index (κ2) is 7.76. The molecule has 1 amide bonds. The van der Waals surface area contributed by atoms with Crippen molar-refractivity contribution in [2.45, 2.75) is 6.92 Å². The van der Waals surface area contributed by atoms with E-state index in [1.165, 1.54) is 11.8 Å². The number of nitrogens with one attached hydrogen (secondary N) is 1. The number of ether oxygens (including phenoxy) is 1. The van der Waals surface area contributed by atoms with Crippen LogP contribution in [0.15, 0.2) is 58.7 Å². The normalized spacial score (nSPS) is 15.6. The first-order valence-corrected chi connectivity index (χ1v) is 8.52. The maximum Gasteiger partial charge on any atom is 0.343 e. The van der Waals surface area contributed by atoms with Gasteiger partial charge in [-0.1, -0.05) is 30.0 Å². The fraction of sp³-hybridized carbons (Fsp3) is 0.111. The lowest BCUT2D eigenvalue weighted by Crippen LogP contribution is -2.19. The van der Waals surface area contributed by atoms with Crippen molar-refractivity contribution < 1.29 is 14.3 Å². The molecule has 2 aromatic carbocycles. The minimum atomic E-state index is -0.389. The van der Waals surface area contributed by atoms with Gasteiger partial charge in [-0.05, 0) is 48.4 Å². The predicted octanol–water partition coefficient (Wildman–Crippen LogP) is 2.77. The van der Waals surface area contributed by atoms with Gasteiger partial charge in [-0.3, -0.25) is 4.79 Å². The van der Waals surface area contributed by atoms with Crippen LogP contribution in [0.5, 0.6) is 5.75 Å². The summed E-state index contributed by atoms with van der Waals surface area (Å²) in [6.45, 7) is 1.86. The molecule has 1 fully saturated rings. The number of esters is 1. The summed E-state index contributed by atoms with van der Waals surface area (Å²) >= 11 is 1.31. The summed E-state index contributed by atoms with van der Waals surface area (Å²) in [5.41, 5.74) is 2.21. The van der Waals surface area contributed by atoms with Gasteiger partial charge >= 0.3 is 5.97 Å². The van der Waals surface area contributed by atoms with E-state index in [0.29, 0.717) is 22.2 Å². The summed E-state index contributed by atoms with van der Waals surface area (Å²) in [6.07, 6.45) is 1.56. The average molecular weight is 353 g/mol. The molecule has 6 nitrogen and oxygen atoms in total. The smallest absolute Gasteiger partial charge is 0.343 e. The van der Waals surface area contributed by atoms with E-state index in [9.17, 15) is 9.59 Å². The molecule has 0 saturated carbocycles. The SMILES string of the molecule is Cc1ccccc1C(=O)Oc1ccc(/C=N\N=C2NC(=O)CS2)cc1. The van der Waals surface area contributed by atoms with Crippen molar-refractivity contribution in [1.82, 2.24) is 5.32 Å². The van der Waals surface area contributed by atoms with Gasteiger partial charge in [0.1, 0.15) is 5.75 Å². The molecule has 1 aliphatic heterocycles. The van der Waals surface area contributed by atoms with Crippen LogP contribution in [0.25, 0.3) is 0 Å². The summed E-state index contributed by atoms with van der Waals surface area (Å²) in [7, 11) is 0. The summed E-state index contributed by atoms with van der Waals surface area (Å²) in [5, 5.41) is 10.9. The molecule has 1 saturated heterocycles. The zero-order chi connectivity index (χ0) is 17.6. The van der Waals surface area contributed by atoms with Crippen molar-refractivity contribution in [3.8, 4) is 5.75 Å². The Labute approximate surface area is 149 Å². The number of benzene rings is 2. The van der Waals surface area contributed by atoms with E-state index in [1.807, 2.05) is 19.1 Å². The third-order valence-electron chi connectivity index (χ3n) is 3.40. The number of nitrogens with zero attached hydrogens (tertiary/aromatic N) is 2. The molecule has 0 aromatic heterocycles. The first-order valence-electron chi connectivity index (χ1n) is 7.53. The van der Waals surface area contributed by atoms with E-state index in [2.05, 4.69) is 15.5 Å². The number of thioether (sulfide) groups is 1. The van der Waals surface area contributed by atoms with Crippen LogP contribution in [-0.4, -0.2) is 29.0 Å². The number of hydrogen-bond donors (Lipinski definition) is 1. The molecule has 1 N–H and O–H groups in total. The first-order chi connectivity index (χ1) is 12.1. The van der Waals surface area contributed by atoms with Gasteiger partial charge in [0.2, 0.25) is 5.91 Å². The highest BCUT2D eigenvalue weighted by Crippen LogP contribution is 2.15. The van der Waals surface area contributed by atoms with Gasteiger partial charge in [0.05, 0.1) is 17.5 Å². The molecule has 0 aliphatic carbocycles. The van der Waals surface area contributed by atoms with Crippen LogP contribution in [-0.2, 0) is 4.79 Å². The number of rotatable bonds is 4. The van der Waals surface area contributed by atoms with Gasteiger partial charge in [-0.25, -0.2) is 4.79 Å². The van der Waals surface area contributed by atoms with Crippen molar-refractivity contribution >= 4 is 35.0 Å². The molecule has 0 spiro atoms. The fourth-order valence-corrected chi connectivity index (χ4v) is 2.74. The predicted molar refractivity (Wildman–Crippen MR) is 98.2 cm³/mol. The van der Waals surface area contributed by atoms with Gasteiger partial charge in [0.25, 0.3) is 0 Å². The van der Waals surface area contributed by atoms with Gasteiger partial charge < -0.3 is 10.1 Å². The Morgan fingerprint density at radius 2 is 1.96 bits per heavy atom. The summed E-state index contributed by atoms with van der Waals surface area (Å²) in [5.74, 6) is 0.365. The van der Waals surface area contributed by atoms with Crippen LogP contribution < -0.4 is 10.1 Å². The van der Waals surface area contributed by atoms with Crippen LogP contribution >= 0.6 is 11.8 Å². The van der Waals surface area contributed by atoms with Crippen LogP contribution in [0.2, 0.25) is 0 Å². The fourth-order valence-electron chi connectivity index (χ4n) is 2.11. The molecule has 126 valence electrons. The van der Waals surface area contributed by atoms with Crippen LogP contribution in [0.4, 0.5) is 0 Å². The zero-order valence-electron chi connectivity index (χ0n) is 13.4. The second-order valence-electron chi connectivity index (χ2n) is 5.26. The monoisotopic (exact) mass is 353 g/mol. The van der Waals surface area contributed by atoms with E-state index in [0.717, 1.165) is 11.1 Å².